The molecular formula is C17H24ClNO5. The quantitative estimate of drug-likeness (QED) is 0.598. The fourth-order valence-corrected chi connectivity index (χ4v) is 1.94. The summed E-state index contributed by atoms with van der Waals surface area (Å²) < 4.78 is 15.4. The van der Waals surface area contributed by atoms with E-state index in [4.69, 9.17) is 25.8 Å². The van der Waals surface area contributed by atoms with E-state index in [2.05, 4.69) is 5.32 Å². The highest BCUT2D eigenvalue weighted by Crippen LogP contribution is 2.11. The smallest absolute Gasteiger partial charge is 0.408 e. The third-order valence-corrected chi connectivity index (χ3v) is 3.16. The lowest BCUT2D eigenvalue weighted by atomic mass is 10.2. The third-order valence-electron chi connectivity index (χ3n) is 2.91. The van der Waals surface area contributed by atoms with Crippen LogP contribution in [-0.2, 0) is 25.6 Å². The summed E-state index contributed by atoms with van der Waals surface area (Å²) in [4.78, 5) is 23.5. The molecule has 1 unspecified atom stereocenters. The molecule has 0 radical (unpaired) electrons. The average molecular weight is 358 g/mol. The Kier molecular flexibility index (Phi) is 8.01. The van der Waals surface area contributed by atoms with Crippen molar-refractivity contribution >= 4 is 23.7 Å². The summed E-state index contributed by atoms with van der Waals surface area (Å²) in [5.74, 6) is -0.545. The number of nitrogens with one attached hydrogen (secondary N) is 1. The molecule has 0 spiro atoms. The minimum absolute atomic E-state index is 0.276. The van der Waals surface area contributed by atoms with Crippen LogP contribution in [0.1, 0.15) is 32.8 Å². The standard InChI is InChI=1S/C17H24ClNO5/c1-17(2,3)24-16(21)19-14(15(20)22-4)9-10-23-11-12-5-7-13(18)8-6-12/h5-8,14H,9-11H2,1-4H3,(H,19,21). The van der Waals surface area contributed by atoms with Crippen LogP contribution in [0.3, 0.4) is 0 Å². The lowest BCUT2D eigenvalue weighted by Gasteiger charge is -2.22. The predicted octanol–water partition coefficient (Wildman–Crippen LogP) is 3.31. The largest absolute Gasteiger partial charge is 0.467 e. The van der Waals surface area contributed by atoms with Crippen molar-refractivity contribution in [3.63, 3.8) is 0 Å². The maximum absolute atomic E-state index is 11.8. The molecule has 24 heavy (non-hydrogen) atoms. The van der Waals surface area contributed by atoms with E-state index >= 15 is 0 Å². The number of hydrogen-bond acceptors (Lipinski definition) is 5. The Hall–Kier alpha value is -1.79. The second-order valence-electron chi connectivity index (χ2n) is 6.19. The van der Waals surface area contributed by atoms with Crippen molar-refractivity contribution < 1.29 is 23.8 Å². The lowest BCUT2D eigenvalue weighted by molar-refractivity contribution is -0.143. The summed E-state index contributed by atoms with van der Waals surface area (Å²) in [6, 6.07) is 6.46. The number of hydrogen-bond donors (Lipinski definition) is 1. The summed E-state index contributed by atoms with van der Waals surface area (Å²) in [6.45, 7) is 5.90. The summed E-state index contributed by atoms with van der Waals surface area (Å²) in [5, 5.41) is 3.16. The molecule has 0 aliphatic carbocycles. The van der Waals surface area contributed by atoms with Gasteiger partial charge in [0.2, 0.25) is 0 Å². The van der Waals surface area contributed by atoms with Crippen LogP contribution in [0.25, 0.3) is 0 Å². The average Bonchev–Trinajstić information content (AvgIpc) is 2.49. The summed E-state index contributed by atoms with van der Waals surface area (Å²) >= 11 is 5.82. The van der Waals surface area contributed by atoms with E-state index < -0.39 is 23.7 Å². The van der Waals surface area contributed by atoms with Gasteiger partial charge in [-0.25, -0.2) is 9.59 Å². The van der Waals surface area contributed by atoms with Gasteiger partial charge in [0.15, 0.2) is 0 Å². The van der Waals surface area contributed by atoms with Crippen LogP contribution in [0, 0.1) is 0 Å². The number of carbonyl (C=O) groups excluding carboxylic acids is 2. The Morgan fingerprint density at radius 1 is 1.21 bits per heavy atom. The number of amides is 1. The van der Waals surface area contributed by atoms with E-state index in [-0.39, 0.29) is 13.0 Å². The molecule has 0 saturated carbocycles. The van der Waals surface area contributed by atoms with Crippen LogP contribution in [0.4, 0.5) is 4.79 Å². The van der Waals surface area contributed by atoms with Crippen LogP contribution >= 0.6 is 11.6 Å². The van der Waals surface area contributed by atoms with Crippen LogP contribution < -0.4 is 5.32 Å². The van der Waals surface area contributed by atoms with Crippen molar-refractivity contribution in [3.8, 4) is 0 Å². The highest BCUT2D eigenvalue weighted by Gasteiger charge is 2.24. The second-order valence-corrected chi connectivity index (χ2v) is 6.63. The monoisotopic (exact) mass is 357 g/mol. The molecule has 0 saturated heterocycles. The number of carbonyl (C=O) groups is 2. The predicted molar refractivity (Wildman–Crippen MR) is 90.9 cm³/mol. The molecule has 0 bridgehead atoms. The van der Waals surface area contributed by atoms with Crippen molar-refractivity contribution in [2.75, 3.05) is 13.7 Å². The molecule has 134 valence electrons. The molecular weight excluding hydrogens is 334 g/mol. The van der Waals surface area contributed by atoms with Crippen LogP contribution in [0.15, 0.2) is 24.3 Å². The second kappa shape index (κ2) is 9.49. The van der Waals surface area contributed by atoms with Gasteiger partial charge in [-0.3, -0.25) is 0 Å². The van der Waals surface area contributed by atoms with Crippen LogP contribution in [0.2, 0.25) is 5.02 Å². The highest BCUT2D eigenvalue weighted by atomic mass is 35.5. The van der Waals surface area contributed by atoms with Gasteiger partial charge in [-0.1, -0.05) is 23.7 Å². The summed E-state index contributed by atoms with van der Waals surface area (Å²) in [5.41, 5.74) is 0.324. The van der Waals surface area contributed by atoms with Gasteiger partial charge in [-0.15, -0.1) is 0 Å². The topological polar surface area (TPSA) is 73.9 Å². The lowest BCUT2D eigenvalue weighted by Crippen LogP contribution is -2.44. The molecule has 0 aliphatic heterocycles. The molecule has 1 amide bonds. The van der Waals surface area contributed by atoms with Gasteiger partial charge in [-0.05, 0) is 38.5 Å². The molecule has 0 aliphatic rings. The maximum atomic E-state index is 11.8. The van der Waals surface area contributed by atoms with E-state index in [1.165, 1.54) is 7.11 Å². The van der Waals surface area contributed by atoms with Crippen LogP contribution in [0.5, 0.6) is 0 Å². The fraction of sp³-hybridized carbons (Fsp3) is 0.529. The number of methoxy groups -OCH3 is 1. The zero-order valence-electron chi connectivity index (χ0n) is 14.4. The first kappa shape index (κ1) is 20.3. The molecule has 1 atom stereocenters. The Morgan fingerprint density at radius 2 is 1.83 bits per heavy atom. The Morgan fingerprint density at radius 3 is 2.38 bits per heavy atom. The van der Waals surface area contributed by atoms with Crippen molar-refractivity contribution in [2.45, 2.75) is 45.4 Å². The van der Waals surface area contributed by atoms with Gasteiger partial charge in [0.05, 0.1) is 13.7 Å². The van der Waals surface area contributed by atoms with E-state index in [0.717, 1.165) is 5.56 Å². The Bertz CT molecular complexity index is 539. The van der Waals surface area contributed by atoms with E-state index in [1.807, 2.05) is 12.1 Å². The van der Waals surface area contributed by atoms with Gasteiger partial charge >= 0.3 is 12.1 Å². The van der Waals surface area contributed by atoms with Crippen molar-refractivity contribution in [1.82, 2.24) is 5.32 Å². The first-order valence-electron chi connectivity index (χ1n) is 7.61. The molecule has 0 heterocycles. The van der Waals surface area contributed by atoms with Gasteiger partial charge in [0.25, 0.3) is 0 Å². The minimum Gasteiger partial charge on any atom is -0.467 e. The molecule has 1 N–H and O–H groups in total. The van der Waals surface area contributed by atoms with Gasteiger partial charge in [0, 0.05) is 18.1 Å². The van der Waals surface area contributed by atoms with E-state index in [1.54, 1.807) is 32.9 Å². The van der Waals surface area contributed by atoms with E-state index in [9.17, 15) is 9.59 Å². The first-order valence-corrected chi connectivity index (χ1v) is 7.98. The number of halogens is 1. The number of benzene rings is 1. The van der Waals surface area contributed by atoms with Crippen molar-refractivity contribution in [1.29, 1.82) is 0 Å². The Balaban J connectivity index is 2.44. The molecule has 1 aromatic rings. The summed E-state index contributed by atoms with van der Waals surface area (Å²) in [6.07, 6.45) is -0.393. The van der Waals surface area contributed by atoms with E-state index in [0.29, 0.717) is 11.6 Å². The number of alkyl carbamates (subject to hydrolysis) is 1. The summed E-state index contributed by atoms with van der Waals surface area (Å²) in [7, 11) is 1.26. The van der Waals surface area contributed by atoms with Gasteiger partial charge in [0.1, 0.15) is 11.6 Å². The van der Waals surface area contributed by atoms with Crippen molar-refractivity contribution in [2.24, 2.45) is 0 Å². The molecule has 6 nitrogen and oxygen atoms in total. The zero-order chi connectivity index (χ0) is 18.2. The number of ether oxygens (including phenoxy) is 3. The Labute approximate surface area is 147 Å². The zero-order valence-corrected chi connectivity index (χ0v) is 15.2. The number of esters is 1. The molecule has 7 heteroatoms. The van der Waals surface area contributed by atoms with Crippen LogP contribution in [-0.4, -0.2) is 37.4 Å². The molecule has 0 fully saturated rings. The molecule has 1 rings (SSSR count). The highest BCUT2D eigenvalue weighted by molar-refractivity contribution is 6.30. The normalized spacial score (nSPS) is 12.4. The van der Waals surface area contributed by atoms with Gasteiger partial charge in [-0.2, -0.15) is 0 Å². The number of rotatable bonds is 7. The molecule has 1 aromatic carbocycles. The van der Waals surface area contributed by atoms with Crippen molar-refractivity contribution in [3.05, 3.63) is 34.9 Å². The fourth-order valence-electron chi connectivity index (χ4n) is 1.81. The maximum Gasteiger partial charge on any atom is 0.408 e. The molecule has 0 aromatic heterocycles. The SMILES string of the molecule is COC(=O)C(CCOCc1ccc(Cl)cc1)NC(=O)OC(C)(C)C. The van der Waals surface area contributed by atoms with Gasteiger partial charge < -0.3 is 19.5 Å². The minimum atomic E-state index is -0.824. The third kappa shape index (κ3) is 8.17. The first-order chi connectivity index (χ1) is 11.2.